The van der Waals surface area contributed by atoms with Gasteiger partial charge in [0.2, 0.25) is 5.95 Å². The highest BCUT2D eigenvalue weighted by atomic mass is 32.1. The molecule has 1 saturated heterocycles. The monoisotopic (exact) mass is 280 g/mol. The zero-order chi connectivity index (χ0) is 13.4. The largest absolute Gasteiger partial charge is 0.338 e. The fraction of sp³-hybridized carbons (Fsp3) is 0.857. The highest BCUT2D eigenvalue weighted by molar-refractivity contribution is 7.71. The van der Waals surface area contributed by atoms with E-state index in [2.05, 4.69) is 33.5 Å². The zero-order valence-corrected chi connectivity index (χ0v) is 12.7. The molecule has 1 unspecified atom stereocenters. The van der Waals surface area contributed by atoms with Crippen molar-refractivity contribution in [3.63, 3.8) is 0 Å². The molecule has 3 rings (SSSR count). The van der Waals surface area contributed by atoms with Gasteiger partial charge in [-0.05, 0) is 57.7 Å². The van der Waals surface area contributed by atoms with Crippen LogP contribution in [0.2, 0.25) is 0 Å². The lowest BCUT2D eigenvalue weighted by Gasteiger charge is -2.30. The first-order valence-corrected chi connectivity index (χ1v) is 8.03. The maximum Gasteiger partial charge on any atom is 0.226 e. The van der Waals surface area contributed by atoms with E-state index in [1.807, 2.05) is 0 Å². The van der Waals surface area contributed by atoms with Gasteiger partial charge in [0.25, 0.3) is 0 Å². The lowest BCUT2D eigenvalue weighted by molar-refractivity contribution is 0.421. The Hall–Kier alpha value is -0.840. The molecule has 1 saturated carbocycles. The van der Waals surface area contributed by atoms with Crippen molar-refractivity contribution in [1.29, 1.82) is 0 Å². The quantitative estimate of drug-likeness (QED) is 0.858. The second-order valence-electron chi connectivity index (χ2n) is 6.24. The molecule has 2 fully saturated rings. The van der Waals surface area contributed by atoms with Crippen molar-refractivity contribution in [3.8, 4) is 0 Å². The van der Waals surface area contributed by atoms with E-state index in [0.29, 0.717) is 12.1 Å². The highest BCUT2D eigenvalue weighted by Gasteiger charge is 2.35. The third-order valence-corrected chi connectivity index (χ3v) is 4.99. The van der Waals surface area contributed by atoms with E-state index in [1.54, 1.807) is 0 Å². The summed E-state index contributed by atoms with van der Waals surface area (Å²) in [4.78, 5) is 2.52. The molecule has 106 valence electrons. The molecule has 1 aromatic rings. The summed E-state index contributed by atoms with van der Waals surface area (Å²) in [6, 6.07) is 1.05. The maximum atomic E-state index is 5.38. The summed E-state index contributed by atoms with van der Waals surface area (Å²) in [6.07, 6.45) is 8.22. The number of anilines is 1. The Morgan fingerprint density at radius 2 is 1.95 bits per heavy atom. The summed E-state index contributed by atoms with van der Waals surface area (Å²) in [6.45, 7) is 5.48. The van der Waals surface area contributed by atoms with Gasteiger partial charge in [-0.25, -0.2) is 5.10 Å². The Morgan fingerprint density at radius 3 is 2.63 bits per heavy atom. The molecule has 2 aliphatic rings. The smallest absolute Gasteiger partial charge is 0.226 e. The van der Waals surface area contributed by atoms with Gasteiger partial charge in [0.15, 0.2) is 4.77 Å². The Morgan fingerprint density at radius 1 is 1.21 bits per heavy atom. The first-order chi connectivity index (χ1) is 9.18. The van der Waals surface area contributed by atoms with E-state index in [4.69, 9.17) is 12.2 Å². The number of aromatic amines is 1. The summed E-state index contributed by atoms with van der Waals surface area (Å²) < 4.78 is 2.92. The first kappa shape index (κ1) is 13.2. The Kier molecular flexibility index (Phi) is 3.65. The van der Waals surface area contributed by atoms with E-state index in [-0.39, 0.29) is 0 Å². The summed E-state index contributed by atoms with van der Waals surface area (Å²) in [5, 5.41) is 7.49. The normalized spacial score (nSPS) is 24.8. The topological polar surface area (TPSA) is 36.9 Å². The van der Waals surface area contributed by atoms with Crippen LogP contribution in [-0.2, 0) is 0 Å². The minimum Gasteiger partial charge on any atom is -0.338 e. The van der Waals surface area contributed by atoms with Gasteiger partial charge in [-0.3, -0.25) is 4.57 Å². The number of H-pyrrole nitrogens is 1. The van der Waals surface area contributed by atoms with E-state index in [1.165, 1.54) is 38.5 Å². The standard InChI is InChI=1S/C14H24N4S/c1-10(2)18-13(15-16-14(18)19)17-9-5-8-12(17)11-6-3-4-7-11/h10-12H,3-9H2,1-2H3,(H,16,19). The van der Waals surface area contributed by atoms with Gasteiger partial charge in [0.1, 0.15) is 0 Å². The van der Waals surface area contributed by atoms with Crippen molar-refractivity contribution in [2.24, 2.45) is 5.92 Å². The molecule has 1 aliphatic carbocycles. The number of hydrogen-bond donors (Lipinski definition) is 1. The zero-order valence-electron chi connectivity index (χ0n) is 11.9. The predicted molar refractivity (Wildman–Crippen MR) is 80.1 cm³/mol. The third-order valence-electron chi connectivity index (χ3n) is 4.70. The number of rotatable bonds is 3. The van der Waals surface area contributed by atoms with Gasteiger partial charge >= 0.3 is 0 Å². The van der Waals surface area contributed by atoms with Gasteiger partial charge in [-0.2, -0.15) is 0 Å². The van der Waals surface area contributed by atoms with Crippen molar-refractivity contribution < 1.29 is 0 Å². The molecule has 0 radical (unpaired) electrons. The molecule has 4 nitrogen and oxygen atoms in total. The summed E-state index contributed by atoms with van der Waals surface area (Å²) in [5.41, 5.74) is 0. The van der Waals surface area contributed by atoms with Crippen LogP contribution in [0.1, 0.15) is 58.4 Å². The molecule has 5 heteroatoms. The number of aromatic nitrogens is 3. The van der Waals surface area contributed by atoms with E-state index < -0.39 is 0 Å². The molecule has 0 amide bonds. The average Bonchev–Trinajstić information content (AvgIpc) is 3.07. The van der Waals surface area contributed by atoms with Crippen molar-refractivity contribution >= 4 is 18.2 Å². The summed E-state index contributed by atoms with van der Waals surface area (Å²) in [7, 11) is 0. The fourth-order valence-electron chi connectivity index (χ4n) is 3.84. The molecule has 19 heavy (non-hydrogen) atoms. The lowest BCUT2D eigenvalue weighted by atomic mass is 9.96. The number of hydrogen-bond acceptors (Lipinski definition) is 3. The van der Waals surface area contributed by atoms with Gasteiger partial charge in [0.05, 0.1) is 0 Å². The Bertz CT molecular complexity index is 484. The van der Waals surface area contributed by atoms with Gasteiger partial charge in [-0.15, -0.1) is 5.10 Å². The van der Waals surface area contributed by atoms with E-state index >= 15 is 0 Å². The SMILES string of the molecule is CC(C)n1c(N2CCCC2C2CCCC2)n[nH]c1=S. The van der Waals surface area contributed by atoms with Crippen LogP contribution < -0.4 is 4.90 Å². The molecule has 0 aromatic carbocycles. The maximum absolute atomic E-state index is 5.38. The molecule has 2 heterocycles. The summed E-state index contributed by atoms with van der Waals surface area (Å²) in [5.74, 6) is 1.93. The number of nitrogens with zero attached hydrogens (tertiary/aromatic N) is 3. The van der Waals surface area contributed by atoms with Crippen LogP contribution in [0.4, 0.5) is 5.95 Å². The van der Waals surface area contributed by atoms with Crippen LogP contribution in [0.25, 0.3) is 0 Å². The third kappa shape index (κ3) is 2.33. The van der Waals surface area contributed by atoms with Crippen LogP contribution in [0.3, 0.4) is 0 Å². The number of nitrogens with one attached hydrogen (secondary N) is 1. The molecular formula is C14H24N4S. The minimum absolute atomic E-state index is 0.367. The van der Waals surface area contributed by atoms with Crippen LogP contribution in [-0.4, -0.2) is 27.4 Å². The lowest BCUT2D eigenvalue weighted by Crippen LogP contribution is -2.36. The van der Waals surface area contributed by atoms with E-state index in [0.717, 1.165) is 23.2 Å². The molecule has 0 bridgehead atoms. The van der Waals surface area contributed by atoms with Crippen molar-refractivity contribution in [1.82, 2.24) is 14.8 Å². The summed E-state index contributed by atoms with van der Waals surface area (Å²) >= 11 is 5.38. The van der Waals surface area contributed by atoms with Gasteiger partial charge in [-0.1, -0.05) is 12.8 Å². The van der Waals surface area contributed by atoms with Crippen LogP contribution in [0, 0.1) is 10.7 Å². The molecule has 1 aromatic heterocycles. The minimum atomic E-state index is 0.367. The van der Waals surface area contributed by atoms with Gasteiger partial charge < -0.3 is 4.90 Å². The Labute approximate surface area is 120 Å². The van der Waals surface area contributed by atoms with Crippen LogP contribution >= 0.6 is 12.2 Å². The van der Waals surface area contributed by atoms with Crippen molar-refractivity contribution in [2.75, 3.05) is 11.4 Å². The van der Waals surface area contributed by atoms with Gasteiger partial charge in [0, 0.05) is 18.6 Å². The molecule has 1 N–H and O–H groups in total. The van der Waals surface area contributed by atoms with Crippen LogP contribution in [0.5, 0.6) is 0 Å². The molecular weight excluding hydrogens is 256 g/mol. The molecule has 1 aliphatic heterocycles. The second kappa shape index (κ2) is 5.27. The van der Waals surface area contributed by atoms with Crippen molar-refractivity contribution in [2.45, 2.75) is 64.5 Å². The van der Waals surface area contributed by atoms with E-state index in [9.17, 15) is 0 Å². The first-order valence-electron chi connectivity index (χ1n) is 7.62. The fourth-order valence-corrected chi connectivity index (χ4v) is 4.18. The highest BCUT2D eigenvalue weighted by Crippen LogP contribution is 2.37. The molecule has 0 spiro atoms. The Balaban J connectivity index is 1.90. The van der Waals surface area contributed by atoms with Crippen LogP contribution in [0.15, 0.2) is 0 Å². The predicted octanol–water partition coefficient (Wildman–Crippen LogP) is 3.68. The van der Waals surface area contributed by atoms with Crippen molar-refractivity contribution in [3.05, 3.63) is 4.77 Å². The molecule has 1 atom stereocenters. The second-order valence-corrected chi connectivity index (χ2v) is 6.63. The average molecular weight is 280 g/mol.